The number of likely N-dealkylation sites (tertiary alicyclic amines) is 1. The van der Waals surface area contributed by atoms with Crippen LogP contribution in [0.3, 0.4) is 0 Å². The third-order valence-corrected chi connectivity index (χ3v) is 2.63. The molecule has 1 aliphatic heterocycles. The molecule has 1 aliphatic rings. The molecule has 0 amide bonds. The Kier molecular flexibility index (Phi) is 2.52. The molecule has 78 valence electrons. The number of nitrogens with zero attached hydrogens (tertiary/aromatic N) is 4. The maximum Gasteiger partial charge on any atom is 0.146 e. The molecular formula is C10H13N5. The van der Waals surface area contributed by atoms with E-state index in [0.29, 0.717) is 23.3 Å². The van der Waals surface area contributed by atoms with Crippen molar-refractivity contribution in [2.75, 3.05) is 25.9 Å². The number of nitrogens with two attached hydrogens (primary N) is 1. The second kappa shape index (κ2) is 3.83. The average molecular weight is 203 g/mol. The number of anilines is 1. The second-order valence-electron chi connectivity index (χ2n) is 3.90. The van der Waals surface area contributed by atoms with Gasteiger partial charge in [0, 0.05) is 18.5 Å². The highest BCUT2D eigenvalue weighted by Gasteiger charge is 2.24. The third-order valence-electron chi connectivity index (χ3n) is 2.63. The molecule has 0 saturated carbocycles. The van der Waals surface area contributed by atoms with Gasteiger partial charge in [0.1, 0.15) is 23.4 Å². The minimum atomic E-state index is 0.311. The predicted octanol–water partition coefficient (Wildman–Crippen LogP) is 0.350. The number of rotatable bonds is 1. The van der Waals surface area contributed by atoms with Crippen LogP contribution in [-0.2, 0) is 0 Å². The lowest BCUT2D eigenvalue weighted by molar-refractivity contribution is 0.409. The first-order valence-corrected chi connectivity index (χ1v) is 4.92. The maximum atomic E-state index is 8.78. The molecule has 2 heterocycles. The van der Waals surface area contributed by atoms with Crippen LogP contribution in [0, 0.1) is 11.3 Å². The van der Waals surface area contributed by atoms with Gasteiger partial charge in [0.2, 0.25) is 0 Å². The van der Waals surface area contributed by atoms with Crippen molar-refractivity contribution >= 4 is 5.82 Å². The summed E-state index contributed by atoms with van der Waals surface area (Å²) >= 11 is 0. The molecule has 0 bridgehead atoms. The lowest BCUT2D eigenvalue weighted by Crippen LogP contribution is -2.15. The fraction of sp³-hybridized carbons (Fsp3) is 0.500. The Hall–Kier alpha value is -1.67. The number of hydrogen-bond acceptors (Lipinski definition) is 5. The monoisotopic (exact) mass is 203 g/mol. The van der Waals surface area contributed by atoms with E-state index in [4.69, 9.17) is 11.0 Å². The Labute approximate surface area is 88.5 Å². The van der Waals surface area contributed by atoms with E-state index in [1.54, 1.807) is 0 Å². The van der Waals surface area contributed by atoms with Crippen LogP contribution in [-0.4, -0.2) is 35.0 Å². The fourth-order valence-corrected chi connectivity index (χ4v) is 1.87. The largest absolute Gasteiger partial charge is 0.384 e. The summed E-state index contributed by atoms with van der Waals surface area (Å²) in [5.74, 6) is 1.40. The van der Waals surface area contributed by atoms with Gasteiger partial charge in [-0.3, -0.25) is 0 Å². The molecule has 1 aromatic heterocycles. The molecule has 5 heteroatoms. The van der Waals surface area contributed by atoms with Gasteiger partial charge in [-0.25, -0.2) is 9.97 Å². The highest BCUT2D eigenvalue weighted by atomic mass is 15.1. The van der Waals surface area contributed by atoms with Crippen LogP contribution >= 0.6 is 0 Å². The zero-order chi connectivity index (χ0) is 10.8. The summed E-state index contributed by atoms with van der Waals surface area (Å²) in [5.41, 5.74) is 5.98. The van der Waals surface area contributed by atoms with Crippen molar-refractivity contribution in [3.05, 3.63) is 17.6 Å². The Morgan fingerprint density at radius 2 is 2.40 bits per heavy atom. The highest BCUT2D eigenvalue weighted by molar-refractivity contribution is 5.35. The van der Waals surface area contributed by atoms with Gasteiger partial charge in [0.25, 0.3) is 0 Å². The molecule has 0 radical (unpaired) electrons. The van der Waals surface area contributed by atoms with E-state index in [1.807, 2.05) is 6.07 Å². The predicted molar refractivity (Wildman–Crippen MR) is 56.0 cm³/mol. The van der Waals surface area contributed by atoms with Crippen LogP contribution < -0.4 is 5.73 Å². The molecule has 1 saturated heterocycles. The molecule has 1 aromatic rings. The Morgan fingerprint density at radius 3 is 3.00 bits per heavy atom. The quantitative estimate of drug-likeness (QED) is 0.712. The van der Waals surface area contributed by atoms with Crippen LogP contribution in [0.15, 0.2) is 6.07 Å². The molecule has 2 N–H and O–H groups in total. The van der Waals surface area contributed by atoms with Gasteiger partial charge in [0.05, 0.1) is 0 Å². The molecule has 2 rings (SSSR count). The van der Waals surface area contributed by atoms with Gasteiger partial charge in [-0.2, -0.15) is 5.26 Å². The van der Waals surface area contributed by atoms with Gasteiger partial charge in [-0.05, 0) is 20.0 Å². The molecule has 5 nitrogen and oxygen atoms in total. The van der Waals surface area contributed by atoms with E-state index in [-0.39, 0.29) is 0 Å². The molecule has 15 heavy (non-hydrogen) atoms. The maximum absolute atomic E-state index is 8.78. The van der Waals surface area contributed by atoms with Gasteiger partial charge in [-0.15, -0.1) is 0 Å². The normalized spacial score (nSPS) is 21.5. The molecule has 1 atom stereocenters. The summed E-state index contributed by atoms with van der Waals surface area (Å²) < 4.78 is 0. The second-order valence-corrected chi connectivity index (χ2v) is 3.90. The summed E-state index contributed by atoms with van der Waals surface area (Å²) in [6, 6.07) is 3.50. The molecule has 1 fully saturated rings. The summed E-state index contributed by atoms with van der Waals surface area (Å²) in [5, 5.41) is 8.78. The zero-order valence-electron chi connectivity index (χ0n) is 8.64. The number of hydrogen-bond donors (Lipinski definition) is 1. The van der Waals surface area contributed by atoms with Gasteiger partial charge in [-0.1, -0.05) is 0 Å². The molecule has 0 aromatic carbocycles. The lowest BCUT2D eigenvalue weighted by atomic mass is 10.1. The Morgan fingerprint density at radius 1 is 1.60 bits per heavy atom. The summed E-state index contributed by atoms with van der Waals surface area (Å²) in [7, 11) is 2.07. The van der Waals surface area contributed by atoms with E-state index in [9.17, 15) is 0 Å². The van der Waals surface area contributed by atoms with Crippen molar-refractivity contribution < 1.29 is 0 Å². The van der Waals surface area contributed by atoms with Crippen LogP contribution in [0.4, 0.5) is 5.82 Å². The topological polar surface area (TPSA) is 78.8 Å². The average Bonchev–Trinajstić information content (AvgIpc) is 2.64. The van der Waals surface area contributed by atoms with Crippen LogP contribution in [0.1, 0.15) is 23.9 Å². The van der Waals surface area contributed by atoms with E-state index in [0.717, 1.165) is 19.5 Å². The van der Waals surface area contributed by atoms with Gasteiger partial charge < -0.3 is 10.6 Å². The molecule has 1 unspecified atom stereocenters. The molecule has 0 spiro atoms. The minimum Gasteiger partial charge on any atom is -0.384 e. The number of likely N-dealkylation sites (N-methyl/N-ethyl adjacent to an activating group) is 1. The SMILES string of the molecule is CN1CCC(c2nc(N)cc(C#N)n2)C1. The number of nitrogen functional groups attached to an aromatic ring is 1. The van der Waals surface area contributed by atoms with E-state index < -0.39 is 0 Å². The fourth-order valence-electron chi connectivity index (χ4n) is 1.87. The van der Waals surface area contributed by atoms with Crippen LogP contribution in [0.5, 0.6) is 0 Å². The number of nitriles is 1. The van der Waals surface area contributed by atoms with Crippen molar-refractivity contribution in [1.82, 2.24) is 14.9 Å². The Balaban J connectivity index is 2.29. The summed E-state index contributed by atoms with van der Waals surface area (Å²) in [6.07, 6.45) is 1.03. The van der Waals surface area contributed by atoms with Gasteiger partial charge in [0.15, 0.2) is 0 Å². The van der Waals surface area contributed by atoms with E-state index in [1.165, 1.54) is 6.07 Å². The van der Waals surface area contributed by atoms with Crippen molar-refractivity contribution in [3.8, 4) is 6.07 Å². The smallest absolute Gasteiger partial charge is 0.146 e. The van der Waals surface area contributed by atoms with Crippen molar-refractivity contribution in [2.24, 2.45) is 0 Å². The molecular weight excluding hydrogens is 190 g/mol. The highest BCUT2D eigenvalue weighted by Crippen LogP contribution is 2.23. The standard InChI is InChI=1S/C10H13N5/c1-15-3-2-7(6-15)10-13-8(5-11)4-9(12)14-10/h4,7H,2-3,6H2,1H3,(H2,12,13,14). The van der Waals surface area contributed by atoms with Gasteiger partial charge >= 0.3 is 0 Å². The van der Waals surface area contributed by atoms with Crippen molar-refractivity contribution in [2.45, 2.75) is 12.3 Å². The van der Waals surface area contributed by atoms with Crippen molar-refractivity contribution in [3.63, 3.8) is 0 Å². The van der Waals surface area contributed by atoms with E-state index >= 15 is 0 Å². The zero-order valence-corrected chi connectivity index (χ0v) is 8.64. The molecule has 0 aliphatic carbocycles. The van der Waals surface area contributed by atoms with Crippen LogP contribution in [0.25, 0.3) is 0 Å². The first kappa shape index (κ1) is 9.87. The first-order chi connectivity index (χ1) is 7.19. The van der Waals surface area contributed by atoms with Crippen molar-refractivity contribution in [1.29, 1.82) is 5.26 Å². The van der Waals surface area contributed by atoms with Crippen LogP contribution in [0.2, 0.25) is 0 Å². The minimum absolute atomic E-state index is 0.311. The Bertz CT molecular complexity index is 409. The summed E-state index contributed by atoms with van der Waals surface area (Å²) in [4.78, 5) is 10.6. The summed E-state index contributed by atoms with van der Waals surface area (Å²) in [6.45, 7) is 1.99. The lowest BCUT2D eigenvalue weighted by Gasteiger charge is -2.09. The number of aromatic nitrogens is 2. The first-order valence-electron chi connectivity index (χ1n) is 4.92. The third kappa shape index (κ3) is 2.05. The van der Waals surface area contributed by atoms with E-state index in [2.05, 4.69) is 21.9 Å².